The molecule has 1 amide bonds. The fraction of sp³-hybridized carbons (Fsp3) is 0.154. The maximum absolute atomic E-state index is 13.9. The van der Waals surface area contributed by atoms with Gasteiger partial charge in [-0.1, -0.05) is 36.4 Å². The van der Waals surface area contributed by atoms with E-state index in [1.807, 2.05) is 30.3 Å². The van der Waals surface area contributed by atoms with Gasteiger partial charge in [0.25, 0.3) is 5.91 Å². The first-order valence-corrected chi connectivity index (χ1v) is 11.0. The van der Waals surface area contributed by atoms with Crippen LogP contribution in [0.3, 0.4) is 0 Å². The van der Waals surface area contributed by atoms with Crippen molar-refractivity contribution in [2.24, 2.45) is 5.73 Å². The highest BCUT2D eigenvalue weighted by atomic mass is 19.3. The monoisotopic (exact) mass is 515 g/mol. The molecule has 0 unspecified atom stereocenters. The van der Waals surface area contributed by atoms with Gasteiger partial charge in [-0.2, -0.15) is 8.78 Å². The lowest BCUT2D eigenvalue weighted by Gasteiger charge is -2.13. The van der Waals surface area contributed by atoms with Crippen molar-refractivity contribution in [3.63, 3.8) is 0 Å². The Morgan fingerprint density at radius 1 is 1.03 bits per heavy atom. The molecule has 0 aliphatic rings. The molecule has 3 aromatic carbocycles. The molecule has 0 radical (unpaired) electrons. The lowest BCUT2D eigenvalue weighted by molar-refractivity contribution is -0.0515. The van der Waals surface area contributed by atoms with Gasteiger partial charge >= 0.3 is 6.61 Å². The van der Waals surface area contributed by atoms with Crippen molar-refractivity contribution in [3.05, 3.63) is 101 Å². The normalized spacial score (nSPS) is 11.0. The molecule has 1 aromatic heterocycles. The molecular formula is C26H21F4N3O4. The van der Waals surface area contributed by atoms with E-state index in [0.717, 1.165) is 11.6 Å². The van der Waals surface area contributed by atoms with Crippen LogP contribution in [0.4, 0.5) is 17.6 Å². The van der Waals surface area contributed by atoms with E-state index in [1.54, 1.807) is 0 Å². The average Bonchev–Trinajstić information content (AvgIpc) is 3.32. The lowest BCUT2D eigenvalue weighted by atomic mass is 10.2. The largest absolute Gasteiger partial charge is 0.485 e. The summed E-state index contributed by atoms with van der Waals surface area (Å²) in [5.41, 5.74) is 6.75. The molecule has 0 fully saturated rings. The van der Waals surface area contributed by atoms with Crippen molar-refractivity contribution in [3.8, 4) is 23.0 Å². The molecule has 0 spiro atoms. The topological polar surface area (TPSA) is 99.6 Å². The minimum absolute atomic E-state index is 0.00642. The smallest absolute Gasteiger partial charge is 0.387 e. The van der Waals surface area contributed by atoms with Crippen LogP contribution in [-0.2, 0) is 19.7 Å². The highest BCUT2D eigenvalue weighted by Gasteiger charge is 2.22. The maximum atomic E-state index is 13.9. The fourth-order valence-corrected chi connectivity index (χ4v) is 3.40. The molecule has 0 bridgehead atoms. The molecule has 0 saturated carbocycles. The summed E-state index contributed by atoms with van der Waals surface area (Å²) in [4.78, 5) is 16.9. The van der Waals surface area contributed by atoms with E-state index in [1.165, 1.54) is 24.3 Å². The summed E-state index contributed by atoms with van der Waals surface area (Å²) >= 11 is 0. The van der Waals surface area contributed by atoms with Gasteiger partial charge in [0.1, 0.15) is 18.2 Å². The Balaban J connectivity index is 1.56. The number of hydrogen-bond donors (Lipinski definition) is 2. The number of halogens is 4. The Morgan fingerprint density at radius 2 is 1.81 bits per heavy atom. The van der Waals surface area contributed by atoms with E-state index in [2.05, 4.69) is 15.0 Å². The molecule has 11 heteroatoms. The molecule has 0 atom stereocenters. The maximum Gasteiger partial charge on any atom is 0.387 e. The van der Waals surface area contributed by atoms with Crippen LogP contribution in [0.25, 0.3) is 11.5 Å². The minimum atomic E-state index is -3.07. The summed E-state index contributed by atoms with van der Waals surface area (Å²) in [5, 5.41) is 2.49. The second kappa shape index (κ2) is 11.6. The van der Waals surface area contributed by atoms with Crippen LogP contribution in [0.2, 0.25) is 0 Å². The minimum Gasteiger partial charge on any atom is -0.485 e. The van der Waals surface area contributed by atoms with Crippen LogP contribution in [0.1, 0.15) is 27.4 Å². The van der Waals surface area contributed by atoms with Gasteiger partial charge < -0.3 is 24.9 Å². The number of oxazole rings is 1. The van der Waals surface area contributed by atoms with Crippen LogP contribution < -0.4 is 20.5 Å². The van der Waals surface area contributed by atoms with Crippen molar-refractivity contribution >= 4 is 5.91 Å². The SMILES string of the molecule is NCc1oc(-c2ccc(OC(F)F)c(OCc3ccccc3)c2)nc1C(=O)NCc1ccc(F)cc1F. The first-order chi connectivity index (χ1) is 17.8. The number of amides is 1. The molecule has 37 heavy (non-hydrogen) atoms. The molecule has 0 aliphatic heterocycles. The second-order valence-electron chi connectivity index (χ2n) is 7.73. The summed E-state index contributed by atoms with van der Waals surface area (Å²) < 4.78 is 68.7. The third-order valence-corrected chi connectivity index (χ3v) is 5.20. The number of aromatic nitrogens is 1. The number of carbonyl (C=O) groups excluding carboxylic acids is 1. The molecule has 7 nitrogen and oxygen atoms in total. The fourth-order valence-electron chi connectivity index (χ4n) is 3.40. The van der Waals surface area contributed by atoms with E-state index >= 15 is 0 Å². The molecule has 4 rings (SSSR count). The number of carbonyl (C=O) groups is 1. The third kappa shape index (κ3) is 6.44. The summed E-state index contributed by atoms with van der Waals surface area (Å²) in [6.45, 7) is -3.40. The first kappa shape index (κ1) is 25.7. The summed E-state index contributed by atoms with van der Waals surface area (Å²) in [6.07, 6.45) is 0. The Bertz CT molecular complexity index is 1380. The average molecular weight is 515 g/mol. The van der Waals surface area contributed by atoms with E-state index in [-0.39, 0.29) is 54.1 Å². The van der Waals surface area contributed by atoms with Crippen molar-refractivity contribution in [2.45, 2.75) is 26.3 Å². The van der Waals surface area contributed by atoms with Crippen molar-refractivity contribution in [2.75, 3.05) is 0 Å². The number of nitrogens with one attached hydrogen (secondary N) is 1. The van der Waals surface area contributed by atoms with Crippen molar-refractivity contribution in [1.29, 1.82) is 0 Å². The number of alkyl halides is 2. The van der Waals surface area contributed by atoms with E-state index in [4.69, 9.17) is 14.9 Å². The molecule has 4 aromatic rings. The van der Waals surface area contributed by atoms with Gasteiger partial charge in [-0.05, 0) is 29.8 Å². The lowest BCUT2D eigenvalue weighted by Crippen LogP contribution is -2.25. The third-order valence-electron chi connectivity index (χ3n) is 5.20. The van der Waals surface area contributed by atoms with Gasteiger partial charge in [-0.3, -0.25) is 4.79 Å². The highest BCUT2D eigenvalue weighted by Crippen LogP contribution is 2.34. The van der Waals surface area contributed by atoms with Gasteiger partial charge in [-0.25, -0.2) is 13.8 Å². The van der Waals surface area contributed by atoms with Crippen LogP contribution in [-0.4, -0.2) is 17.5 Å². The standard InChI is InChI=1S/C26H21F4N3O4/c27-18-8-6-17(19(28)11-18)13-32-24(34)23-22(12-31)36-25(33-23)16-7-9-20(37-26(29)30)21(10-16)35-14-15-4-2-1-3-5-15/h1-11,26H,12-14,31H2,(H,32,34). The molecular weight excluding hydrogens is 494 g/mol. The summed E-state index contributed by atoms with van der Waals surface area (Å²) in [5.74, 6) is -2.41. The zero-order chi connectivity index (χ0) is 26.4. The number of benzene rings is 3. The zero-order valence-electron chi connectivity index (χ0n) is 19.2. The predicted octanol–water partition coefficient (Wildman–Crippen LogP) is 5.19. The summed E-state index contributed by atoms with van der Waals surface area (Å²) in [7, 11) is 0. The quantitative estimate of drug-likeness (QED) is 0.282. The zero-order valence-corrected chi connectivity index (χ0v) is 19.2. The van der Waals surface area contributed by atoms with E-state index in [9.17, 15) is 22.4 Å². The van der Waals surface area contributed by atoms with Gasteiger partial charge in [-0.15, -0.1) is 0 Å². The molecule has 1 heterocycles. The van der Waals surface area contributed by atoms with Gasteiger partial charge in [0.05, 0.1) is 6.54 Å². The van der Waals surface area contributed by atoms with Crippen molar-refractivity contribution < 1.29 is 36.2 Å². The molecule has 0 saturated heterocycles. The van der Waals surface area contributed by atoms with Crippen molar-refractivity contribution in [1.82, 2.24) is 10.3 Å². The number of rotatable bonds is 10. The summed E-state index contributed by atoms with van der Waals surface area (Å²) in [6, 6.07) is 16.1. The van der Waals surface area contributed by atoms with Crippen LogP contribution in [0.15, 0.2) is 71.1 Å². The molecule has 0 aliphatic carbocycles. The molecule has 3 N–H and O–H groups in total. The second-order valence-corrected chi connectivity index (χ2v) is 7.73. The Kier molecular flexibility index (Phi) is 8.04. The Labute approximate surface area is 208 Å². The molecule has 192 valence electrons. The predicted molar refractivity (Wildman–Crippen MR) is 125 cm³/mol. The van der Waals surface area contributed by atoms with Gasteiger partial charge in [0.2, 0.25) is 5.89 Å². The van der Waals surface area contributed by atoms with Gasteiger partial charge in [0.15, 0.2) is 23.0 Å². The number of nitrogens with two attached hydrogens (primary N) is 1. The van der Waals surface area contributed by atoms with E-state index < -0.39 is 24.2 Å². The van der Waals surface area contributed by atoms with E-state index in [0.29, 0.717) is 11.6 Å². The van der Waals surface area contributed by atoms with Crippen LogP contribution >= 0.6 is 0 Å². The number of ether oxygens (including phenoxy) is 2. The first-order valence-electron chi connectivity index (χ1n) is 11.0. The number of nitrogens with zero attached hydrogens (tertiary/aromatic N) is 1. The highest BCUT2D eigenvalue weighted by molar-refractivity contribution is 5.93. The van der Waals surface area contributed by atoms with Crippen LogP contribution in [0.5, 0.6) is 11.5 Å². The van der Waals surface area contributed by atoms with Gasteiger partial charge in [0, 0.05) is 23.7 Å². The Morgan fingerprint density at radius 3 is 2.51 bits per heavy atom. The number of hydrogen-bond acceptors (Lipinski definition) is 6. The van der Waals surface area contributed by atoms with Crippen LogP contribution in [0, 0.1) is 11.6 Å². The Hall–Kier alpha value is -4.38.